The molecular formula is C10H14N2O7P2. The Balaban J connectivity index is 0.000000293. The van der Waals surface area contributed by atoms with Gasteiger partial charge in [0, 0.05) is 24.8 Å². The molecule has 0 bridgehead atoms. The van der Waals surface area contributed by atoms with Gasteiger partial charge >= 0.3 is 15.6 Å². The molecule has 0 fully saturated rings. The van der Waals surface area contributed by atoms with Gasteiger partial charge in [0.25, 0.3) is 0 Å². The largest absolute Gasteiger partial charge is 0.478 e. The van der Waals surface area contributed by atoms with E-state index in [4.69, 9.17) is 19.6 Å². The highest BCUT2D eigenvalue weighted by Gasteiger charge is 2.27. The van der Waals surface area contributed by atoms with Crippen molar-refractivity contribution in [1.29, 1.82) is 0 Å². The average molecular weight is 336 g/mol. The first-order valence-electron chi connectivity index (χ1n) is 5.23. The Morgan fingerprint density at radius 3 is 0.952 bits per heavy atom. The third-order valence-corrected chi connectivity index (χ3v) is 3.05. The summed E-state index contributed by atoms with van der Waals surface area (Å²) in [7, 11) is -10.1. The van der Waals surface area contributed by atoms with Gasteiger partial charge in [0.1, 0.15) is 0 Å². The maximum absolute atomic E-state index is 9.63. The molecule has 0 spiro atoms. The lowest BCUT2D eigenvalue weighted by Gasteiger charge is -2.03. The Morgan fingerprint density at radius 1 is 0.619 bits per heavy atom. The van der Waals surface area contributed by atoms with E-state index >= 15 is 0 Å². The molecule has 2 heterocycles. The fraction of sp³-hybridized carbons (Fsp3) is 0. The average Bonchev–Trinajstić information content (AvgIpc) is 2.40. The number of hydrogen-bond acceptors (Lipinski definition) is 5. The van der Waals surface area contributed by atoms with Crippen molar-refractivity contribution in [3.63, 3.8) is 0 Å². The maximum atomic E-state index is 9.63. The van der Waals surface area contributed by atoms with E-state index in [2.05, 4.69) is 14.3 Å². The Morgan fingerprint density at radius 2 is 0.905 bits per heavy atom. The van der Waals surface area contributed by atoms with Crippen LogP contribution < -0.4 is 0 Å². The maximum Gasteiger partial charge on any atom is 0.478 e. The summed E-state index contributed by atoms with van der Waals surface area (Å²) in [6.07, 6.45) is 7.00. The molecule has 0 aliphatic carbocycles. The molecule has 2 aromatic heterocycles. The first kappa shape index (κ1) is 19.6. The van der Waals surface area contributed by atoms with Crippen LogP contribution in [0.25, 0.3) is 0 Å². The number of phosphoric acid groups is 2. The minimum absolute atomic E-state index is 1.75. The second-order valence-electron chi connectivity index (χ2n) is 3.11. The molecule has 0 atom stereocenters. The Labute approximate surface area is 120 Å². The van der Waals surface area contributed by atoms with Gasteiger partial charge < -0.3 is 19.6 Å². The molecule has 4 N–H and O–H groups in total. The first-order chi connectivity index (χ1) is 9.71. The van der Waals surface area contributed by atoms with Crippen LogP contribution in [0.1, 0.15) is 0 Å². The second kappa shape index (κ2) is 10.3. The van der Waals surface area contributed by atoms with Crippen LogP contribution in [-0.4, -0.2) is 29.5 Å². The minimum Gasteiger partial charge on any atom is -0.302 e. The van der Waals surface area contributed by atoms with Crippen LogP contribution in [0.5, 0.6) is 0 Å². The van der Waals surface area contributed by atoms with Crippen LogP contribution >= 0.6 is 15.6 Å². The summed E-state index contributed by atoms with van der Waals surface area (Å²) in [5.74, 6) is 0. The minimum atomic E-state index is -5.05. The van der Waals surface area contributed by atoms with Crippen LogP contribution in [0.4, 0.5) is 0 Å². The number of aromatic nitrogens is 2. The van der Waals surface area contributed by atoms with E-state index < -0.39 is 15.6 Å². The van der Waals surface area contributed by atoms with Crippen molar-refractivity contribution >= 4 is 15.6 Å². The van der Waals surface area contributed by atoms with E-state index in [1.807, 2.05) is 36.4 Å². The molecule has 11 heteroatoms. The number of pyridine rings is 2. The van der Waals surface area contributed by atoms with Crippen LogP contribution in [0, 0.1) is 0 Å². The topological polar surface area (TPSA) is 150 Å². The fourth-order valence-electron chi connectivity index (χ4n) is 0.764. The molecular weight excluding hydrogens is 322 g/mol. The van der Waals surface area contributed by atoms with Crippen LogP contribution in [0.3, 0.4) is 0 Å². The SMILES string of the molecule is O=P(O)(O)OP(=O)(O)O.c1ccncc1.c1ccncc1. The van der Waals surface area contributed by atoms with Crippen LogP contribution in [0.2, 0.25) is 0 Å². The van der Waals surface area contributed by atoms with E-state index in [0.717, 1.165) is 0 Å². The molecule has 21 heavy (non-hydrogen) atoms. The van der Waals surface area contributed by atoms with Crippen LogP contribution in [-0.2, 0) is 13.4 Å². The number of nitrogens with zero attached hydrogens (tertiary/aromatic N) is 2. The highest BCUT2D eigenvalue weighted by atomic mass is 31.3. The first-order valence-corrected chi connectivity index (χ1v) is 8.29. The zero-order valence-corrected chi connectivity index (χ0v) is 12.4. The van der Waals surface area contributed by atoms with Crippen molar-refractivity contribution in [3.05, 3.63) is 61.2 Å². The number of hydrogen-bond donors (Lipinski definition) is 4. The van der Waals surface area contributed by atoms with Crippen molar-refractivity contribution < 1.29 is 33.0 Å². The van der Waals surface area contributed by atoms with Gasteiger partial charge in [-0.1, -0.05) is 12.1 Å². The summed E-state index contributed by atoms with van der Waals surface area (Å²) in [6.45, 7) is 0. The van der Waals surface area contributed by atoms with E-state index in [-0.39, 0.29) is 0 Å². The summed E-state index contributed by atoms with van der Waals surface area (Å²) in [4.78, 5) is 38.6. The molecule has 0 radical (unpaired) electrons. The standard InChI is InChI=1S/2C5H5N.H4O7P2/c2*1-2-4-6-5-3-1;1-8(2,3)7-9(4,5)6/h2*1-5H;(H2,1,2,3)(H2,4,5,6). The van der Waals surface area contributed by atoms with E-state index in [1.54, 1.807) is 24.8 Å². The van der Waals surface area contributed by atoms with Crippen molar-refractivity contribution in [2.24, 2.45) is 0 Å². The Hall–Kier alpha value is -1.44. The predicted octanol–water partition coefficient (Wildman–Crippen LogP) is 1.35. The normalized spacial score (nSPS) is 10.5. The molecule has 0 amide bonds. The molecule has 0 saturated carbocycles. The van der Waals surface area contributed by atoms with Crippen molar-refractivity contribution in [3.8, 4) is 0 Å². The second-order valence-corrected chi connectivity index (χ2v) is 5.73. The molecule has 0 saturated heterocycles. The smallest absolute Gasteiger partial charge is 0.302 e. The molecule has 0 unspecified atom stereocenters. The fourth-order valence-corrected chi connectivity index (χ4v) is 1.87. The van der Waals surface area contributed by atoms with Gasteiger partial charge in [-0.3, -0.25) is 9.97 Å². The van der Waals surface area contributed by atoms with Crippen molar-refractivity contribution in [2.75, 3.05) is 0 Å². The van der Waals surface area contributed by atoms with Gasteiger partial charge in [0.15, 0.2) is 0 Å². The Kier molecular flexibility index (Phi) is 9.60. The summed E-state index contributed by atoms with van der Waals surface area (Å²) in [5.41, 5.74) is 0. The zero-order chi connectivity index (χ0) is 16.2. The molecule has 2 aromatic rings. The van der Waals surface area contributed by atoms with Gasteiger partial charge in [0.2, 0.25) is 0 Å². The molecule has 9 nitrogen and oxygen atoms in total. The number of rotatable bonds is 2. The lowest BCUT2D eigenvalue weighted by atomic mass is 10.5. The summed E-state index contributed by atoms with van der Waals surface area (Å²) in [5, 5.41) is 0. The predicted molar refractivity (Wildman–Crippen MR) is 73.6 cm³/mol. The molecule has 0 aliphatic rings. The molecule has 116 valence electrons. The Bertz CT molecular complexity index is 453. The van der Waals surface area contributed by atoms with Gasteiger partial charge in [-0.05, 0) is 24.3 Å². The summed E-state index contributed by atoms with van der Waals surface area (Å²) >= 11 is 0. The van der Waals surface area contributed by atoms with Crippen molar-refractivity contribution in [2.45, 2.75) is 0 Å². The highest BCUT2D eigenvalue weighted by molar-refractivity contribution is 7.60. The lowest BCUT2D eigenvalue weighted by molar-refractivity contribution is 0.225. The van der Waals surface area contributed by atoms with Crippen molar-refractivity contribution in [1.82, 2.24) is 9.97 Å². The van der Waals surface area contributed by atoms with Gasteiger partial charge in [-0.25, -0.2) is 9.13 Å². The summed E-state index contributed by atoms with van der Waals surface area (Å²) in [6, 6.07) is 11.4. The third kappa shape index (κ3) is 18.6. The molecule has 0 aromatic carbocycles. The monoisotopic (exact) mass is 336 g/mol. The molecule has 2 rings (SSSR count). The lowest BCUT2D eigenvalue weighted by Crippen LogP contribution is -1.84. The molecule has 0 aliphatic heterocycles. The van der Waals surface area contributed by atoms with E-state index in [9.17, 15) is 9.13 Å². The van der Waals surface area contributed by atoms with Gasteiger partial charge in [0.05, 0.1) is 0 Å². The van der Waals surface area contributed by atoms with Gasteiger partial charge in [-0.15, -0.1) is 0 Å². The quantitative estimate of drug-likeness (QED) is 0.596. The third-order valence-electron chi connectivity index (χ3n) is 1.35. The summed E-state index contributed by atoms with van der Waals surface area (Å²) < 4.78 is 22.2. The van der Waals surface area contributed by atoms with Crippen LogP contribution in [0.15, 0.2) is 61.2 Å². The highest BCUT2D eigenvalue weighted by Crippen LogP contribution is 2.53. The van der Waals surface area contributed by atoms with Gasteiger partial charge in [-0.2, -0.15) is 4.31 Å². The van der Waals surface area contributed by atoms with E-state index in [0.29, 0.717) is 0 Å². The van der Waals surface area contributed by atoms with E-state index in [1.165, 1.54) is 0 Å². The zero-order valence-electron chi connectivity index (χ0n) is 10.6.